The summed E-state index contributed by atoms with van der Waals surface area (Å²) < 4.78 is 12.7. The van der Waals surface area contributed by atoms with Crippen molar-refractivity contribution in [2.45, 2.75) is 18.9 Å². The van der Waals surface area contributed by atoms with E-state index < -0.39 is 0 Å². The highest BCUT2D eigenvalue weighted by atomic mass is 16.5. The molecule has 0 saturated heterocycles. The number of aliphatic hydroxyl groups is 1. The maximum atomic E-state index is 9.13. The molecule has 2 N–H and O–H groups in total. The van der Waals surface area contributed by atoms with Gasteiger partial charge in [-0.05, 0) is 36.3 Å². The second kappa shape index (κ2) is 8.36. The average molecular weight is 392 g/mol. The van der Waals surface area contributed by atoms with Gasteiger partial charge in [0.25, 0.3) is 0 Å². The summed E-state index contributed by atoms with van der Waals surface area (Å²) in [5.74, 6) is 2.74. The highest BCUT2D eigenvalue weighted by Crippen LogP contribution is 2.35. The Kier molecular flexibility index (Phi) is 5.48. The minimum Gasteiger partial charge on any atom is -0.493 e. The van der Waals surface area contributed by atoms with Gasteiger partial charge in [-0.25, -0.2) is 4.68 Å². The number of hydrogen-bond donors (Lipinski definition) is 2. The number of anilines is 1. The van der Waals surface area contributed by atoms with Crippen molar-refractivity contribution in [3.63, 3.8) is 0 Å². The first kappa shape index (κ1) is 19.0. The van der Waals surface area contributed by atoms with Crippen molar-refractivity contribution in [3.8, 4) is 11.5 Å². The third-order valence-electron chi connectivity index (χ3n) is 4.90. The summed E-state index contributed by atoms with van der Waals surface area (Å²) >= 11 is 0. The van der Waals surface area contributed by atoms with Gasteiger partial charge in [0.1, 0.15) is 6.04 Å². The fourth-order valence-corrected chi connectivity index (χ4v) is 3.44. The van der Waals surface area contributed by atoms with Gasteiger partial charge < -0.3 is 19.9 Å². The van der Waals surface area contributed by atoms with Crippen LogP contribution in [0.4, 0.5) is 5.95 Å². The Bertz CT molecular complexity index is 1010. The third-order valence-corrected chi connectivity index (χ3v) is 4.90. The van der Waals surface area contributed by atoms with E-state index in [1.54, 1.807) is 14.2 Å². The van der Waals surface area contributed by atoms with Gasteiger partial charge in [0.05, 0.1) is 14.2 Å². The van der Waals surface area contributed by atoms with Gasteiger partial charge in [-0.3, -0.25) is 0 Å². The number of nitrogens with zero attached hydrogens (tertiary/aromatic N) is 3. The molecule has 2 aromatic carbocycles. The number of allylic oxidation sites excluding steroid dienone is 1. The lowest BCUT2D eigenvalue weighted by Gasteiger charge is -2.24. The van der Waals surface area contributed by atoms with Gasteiger partial charge in [0.2, 0.25) is 5.95 Å². The lowest BCUT2D eigenvalue weighted by atomic mass is 10.0. The summed E-state index contributed by atoms with van der Waals surface area (Å²) in [6.45, 7) is 0.120. The molecule has 1 aromatic heterocycles. The summed E-state index contributed by atoms with van der Waals surface area (Å²) in [6.07, 6.45) is 3.40. The first-order chi connectivity index (χ1) is 14.2. The van der Waals surface area contributed by atoms with Crippen LogP contribution < -0.4 is 14.8 Å². The largest absolute Gasteiger partial charge is 0.493 e. The molecule has 2 heterocycles. The van der Waals surface area contributed by atoms with Crippen LogP contribution >= 0.6 is 0 Å². The van der Waals surface area contributed by atoms with Gasteiger partial charge in [-0.2, -0.15) is 10.1 Å². The van der Waals surface area contributed by atoms with Crippen molar-refractivity contribution in [2.75, 3.05) is 26.1 Å². The first-order valence-electron chi connectivity index (χ1n) is 9.56. The Labute approximate surface area is 169 Å². The number of nitrogens with one attached hydrogen (secondary N) is 1. The molecule has 0 saturated carbocycles. The predicted molar refractivity (Wildman–Crippen MR) is 111 cm³/mol. The smallest absolute Gasteiger partial charge is 0.226 e. The number of ether oxygens (including phenoxy) is 2. The van der Waals surface area contributed by atoms with Crippen LogP contribution in [0, 0.1) is 0 Å². The molecule has 3 aromatic rings. The number of aliphatic hydroxyl groups excluding tert-OH is 1. The van der Waals surface area contributed by atoms with Crippen molar-refractivity contribution >= 4 is 11.6 Å². The fraction of sp³-hybridized carbons (Fsp3) is 0.273. The van der Waals surface area contributed by atoms with Crippen LogP contribution in [0.15, 0.2) is 54.6 Å². The molecule has 0 spiro atoms. The number of aryl methyl sites for hydroxylation is 1. The lowest BCUT2D eigenvalue weighted by molar-refractivity contribution is 0.287. The van der Waals surface area contributed by atoms with Gasteiger partial charge in [0.15, 0.2) is 17.3 Å². The SMILES string of the molecule is COc1ccc(C2=CC(c3ccccc3)n3nc(CCCO)nc3N2)cc1OC. The second-order valence-corrected chi connectivity index (χ2v) is 6.75. The molecule has 0 radical (unpaired) electrons. The van der Waals surface area contributed by atoms with Crippen LogP contribution in [0.25, 0.3) is 5.70 Å². The minimum absolute atomic E-state index is 0.0917. The lowest BCUT2D eigenvalue weighted by Crippen LogP contribution is -2.20. The molecule has 1 aliphatic rings. The molecule has 0 aliphatic carbocycles. The van der Waals surface area contributed by atoms with Crippen LogP contribution in [-0.4, -0.2) is 40.7 Å². The first-order valence-corrected chi connectivity index (χ1v) is 9.56. The van der Waals surface area contributed by atoms with Crippen molar-refractivity contribution < 1.29 is 14.6 Å². The topological polar surface area (TPSA) is 81.4 Å². The van der Waals surface area contributed by atoms with E-state index in [9.17, 15) is 0 Å². The number of benzene rings is 2. The van der Waals surface area contributed by atoms with Crippen LogP contribution in [0.1, 0.15) is 29.4 Å². The number of fused-ring (bicyclic) bond motifs is 1. The van der Waals surface area contributed by atoms with Gasteiger partial charge in [-0.1, -0.05) is 30.3 Å². The Morgan fingerprint density at radius 2 is 1.86 bits per heavy atom. The van der Waals surface area contributed by atoms with Crippen LogP contribution in [0.5, 0.6) is 11.5 Å². The summed E-state index contributed by atoms with van der Waals surface area (Å²) in [5.41, 5.74) is 3.01. The molecule has 150 valence electrons. The number of methoxy groups -OCH3 is 2. The van der Waals surface area contributed by atoms with Gasteiger partial charge in [0, 0.05) is 24.3 Å². The van der Waals surface area contributed by atoms with Crippen molar-refractivity contribution in [2.24, 2.45) is 0 Å². The summed E-state index contributed by atoms with van der Waals surface area (Å²) in [6, 6.07) is 15.9. The van der Waals surface area contributed by atoms with Crippen LogP contribution in [-0.2, 0) is 6.42 Å². The molecule has 0 amide bonds. The minimum atomic E-state index is -0.0917. The van der Waals surface area contributed by atoms with E-state index in [1.807, 2.05) is 41.1 Å². The van der Waals surface area contributed by atoms with E-state index in [0.717, 1.165) is 16.8 Å². The zero-order valence-corrected chi connectivity index (χ0v) is 16.5. The van der Waals surface area contributed by atoms with Crippen LogP contribution in [0.2, 0.25) is 0 Å². The van der Waals surface area contributed by atoms with Crippen molar-refractivity contribution in [1.29, 1.82) is 0 Å². The standard InChI is InChI=1S/C22H24N4O3/c1-28-19-11-10-16(13-20(19)29-2)17-14-18(15-7-4-3-5-8-15)26-22(23-17)24-21(25-26)9-6-12-27/h3-5,7-8,10-11,13-14,18,27H,6,9,12H2,1-2H3,(H,23,24,25). The molecular formula is C22H24N4O3. The molecule has 1 unspecified atom stereocenters. The normalized spacial score (nSPS) is 15.3. The zero-order chi connectivity index (χ0) is 20.2. The molecular weight excluding hydrogens is 368 g/mol. The van der Waals surface area contributed by atoms with Crippen molar-refractivity contribution in [1.82, 2.24) is 14.8 Å². The highest BCUT2D eigenvalue weighted by molar-refractivity contribution is 5.78. The molecule has 1 aliphatic heterocycles. The molecule has 1 atom stereocenters. The number of aromatic nitrogens is 3. The van der Waals surface area contributed by atoms with E-state index in [4.69, 9.17) is 14.6 Å². The Balaban J connectivity index is 1.76. The zero-order valence-electron chi connectivity index (χ0n) is 16.5. The van der Waals surface area contributed by atoms with Gasteiger partial charge >= 0.3 is 0 Å². The van der Waals surface area contributed by atoms with E-state index in [2.05, 4.69) is 33.6 Å². The van der Waals surface area contributed by atoms with Gasteiger partial charge in [-0.15, -0.1) is 0 Å². The predicted octanol–water partition coefficient (Wildman–Crippen LogP) is 3.28. The molecule has 29 heavy (non-hydrogen) atoms. The molecule has 7 nitrogen and oxygen atoms in total. The average Bonchev–Trinajstić information content (AvgIpc) is 3.20. The summed E-state index contributed by atoms with van der Waals surface area (Å²) in [4.78, 5) is 4.65. The molecule has 0 bridgehead atoms. The number of hydrogen-bond acceptors (Lipinski definition) is 6. The second-order valence-electron chi connectivity index (χ2n) is 6.75. The third kappa shape index (κ3) is 3.82. The maximum Gasteiger partial charge on any atom is 0.226 e. The Morgan fingerprint density at radius 1 is 1.07 bits per heavy atom. The van der Waals surface area contributed by atoms with E-state index in [0.29, 0.717) is 36.1 Å². The Morgan fingerprint density at radius 3 is 2.59 bits per heavy atom. The molecule has 4 rings (SSSR count). The molecule has 7 heteroatoms. The Hall–Kier alpha value is -3.32. The summed E-state index contributed by atoms with van der Waals surface area (Å²) in [7, 11) is 3.25. The van der Waals surface area contributed by atoms with Crippen LogP contribution in [0.3, 0.4) is 0 Å². The number of rotatable bonds is 7. The molecule has 0 fully saturated rings. The van der Waals surface area contributed by atoms with E-state index in [-0.39, 0.29) is 12.6 Å². The summed E-state index contributed by atoms with van der Waals surface area (Å²) in [5, 5.41) is 17.2. The quantitative estimate of drug-likeness (QED) is 0.642. The van der Waals surface area contributed by atoms with Crippen molar-refractivity contribution in [3.05, 3.63) is 71.6 Å². The van der Waals surface area contributed by atoms with E-state index >= 15 is 0 Å². The fourth-order valence-electron chi connectivity index (χ4n) is 3.44. The maximum absolute atomic E-state index is 9.13. The monoisotopic (exact) mass is 392 g/mol. The highest BCUT2D eigenvalue weighted by Gasteiger charge is 2.25. The van der Waals surface area contributed by atoms with E-state index in [1.165, 1.54) is 0 Å².